The molecule has 1 heterocycles. The van der Waals surface area contributed by atoms with Crippen LogP contribution in [-0.4, -0.2) is 17.1 Å². The van der Waals surface area contributed by atoms with Gasteiger partial charge in [-0.15, -0.1) is 0 Å². The Labute approximate surface area is 98.2 Å². The molecular formula is C13H22N2O. The molecule has 1 aromatic heterocycles. The van der Waals surface area contributed by atoms with Gasteiger partial charge >= 0.3 is 0 Å². The van der Waals surface area contributed by atoms with Crippen LogP contribution in [0.25, 0.3) is 0 Å². The lowest BCUT2D eigenvalue weighted by Gasteiger charge is -2.20. The van der Waals surface area contributed by atoms with E-state index in [9.17, 15) is 0 Å². The van der Waals surface area contributed by atoms with Gasteiger partial charge in [0.25, 0.3) is 0 Å². The number of pyridine rings is 1. The molecule has 0 amide bonds. The maximum Gasteiger partial charge on any atom is 0.213 e. The predicted molar refractivity (Wildman–Crippen MR) is 66.6 cm³/mol. The zero-order chi connectivity index (χ0) is 12.0. The molecule has 0 bridgehead atoms. The van der Waals surface area contributed by atoms with Gasteiger partial charge in [0.15, 0.2) is 0 Å². The molecule has 16 heavy (non-hydrogen) atoms. The first-order chi connectivity index (χ1) is 7.51. The van der Waals surface area contributed by atoms with Crippen LogP contribution in [0.1, 0.15) is 39.7 Å². The number of rotatable bonds is 5. The highest BCUT2D eigenvalue weighted by Gasteiger charge is 2.12. The molecule has 3 heteroatoms. The van der Waals surface area contributed by atoms with Gasteiger partial charge in [-0.2, -0.15) is 0 Å². The van der Waals surface area contributed by atoms with Crippen molar-refractivity contribution in [3.63, 3.8) is 0 Å². The van der Waals surface area contributed by atoms with Gasteiger partial charge < -0.3 is 10.1 Å². The second-order valence-corrected chi connectivity index (χ2v) is 4.90. The van der Waals surface area contributed by atoms with Crippen molar-refractivity contribution in [3.05, 3.63) is 23.9 Å². The van der Waals surface area contributed by atoms with E-state index in [4.69, 9.17) is 4.74 Å². The summed E-state index contributed by atoms with van der Waals surface area (Å²) < 4.78 is 5.65. The van der Waals surface area contributed by atoms with E-state index in [1.165, 1.54) is 5.56 Å². The van der Waals surface area contributed by atoms with Crippen LogP contribution in [-0.2, 0) is 6.54 Å². The van der Waals surface area contributed by atoms with Crippen molar-refractivity contribution in [2.75, 3.05) is 6.54 Å². The minimum Gasteiger partial charge on any atom is -0.472 e. The summed E-state index contributed by atoms with van der Waals surface area (Å²) in [5.74, 6) is 0.687. The van der Waals surface area contributed by atoms with E-state index in [2.05, 4.69) is 23.3 Å². The van der Waals surface area contributed by atoms with Crippen LogP contribution in [0, 0.1) is 0 Å². The molecule has 0 aromatic carbocycles. The third kappa shape index (κ3) is 5.12. The van der Waals surface area contributed by atoms with E-state index in [-0.39, 0.29) is 5.60 Å². The van der Waals surface area contributed by atoms with E-state index < -0.39 is 0 Å². The van der Waals surface area contributed by atoms with E-state index >= 15 is 0 Å². The first-order valence-electron chi connectivity index (χ1n) is 5.86. The number of aromatic nitrogens is 1. The smallest absolute Gasteiger partial charge is 0.213 e. The lowest BCUT2D eigenvalue weighted by Crippen LogP contribution is -2.23. The quantitative estimate of drug-likeness (QED) is 0.778. The van der Waals surface area contributed by atoms with Gasteiger partial charge in [0.05, 0.1) is 0 Å². The largest absolute Gasteiger partial charge is 0.472 e. The number of nitrogens with one attached hydrogen (secondary N) is 1. The molecule has 90 valence electrons. The van der Waals surface area contributed by atoms with Crippen molar-refractivity contribution in [3.8, 4) is 5.88 Å². The molecule has 0 unspecified atom stereocenters. The monoisotopic (exact) mass is 222 g/mol. The van der Waals surface area contributed by atoms with Gasteiger partial charge in [-0.05, 0) is 39.3 Å². The molecule has 0 saturated carbocycles. The van der Waals surface area contributed by atoms with Crippen LogP contribution in [0.15, 0.2) is 18.3 Å². The molecular weight excluding hydrogens is 200 g/mol. The summed E-state index contributed by atoms with van der Waals surface area (Å²) in [6, 6.07) is 3.98. The van der Waals surface area contributed by atoms with Crippen molar-refractivity contribution in [1.29, 1.82) is 0 Å². The van der Waals surface area contributed by atoms with Crippen LogP contribution < -0.4 is 10.1 Å². The Hall–Kier alpha value is -1.09. The molecule has 1 N–H and O–H groups in total. The molecule has 0 radical (unpaired) electrons. The van der Waals surface area contributed by atoms with E-state index in [0.717, 1.165) is 19.5 Å². The summed E-state index contributed by atoms with van der Waals surface area (Å²) in [4.78, 5) is 4.28. The van der Waals surface area contributed by atoms with Crippen molar-refractivity contribution >= 4 is 0 Å². The maximum atomic E-state index is 5.65. The maximum absolute atomic E-state index is 5.65. The molecule has 0 aliphatic carbocycles. The number of ether oxygens (including phenoxy) is 1. The number of hydrogen-bond acceptors (Lipinski definition) is 3. The van der Waals surface area contributed by atoms with Crippen molar-refractivity contribution < 1.29 is 4.74 Å². The summed E-state index contributed by atoms with van der Waals surface area (Å²) in [6.45, 7) is 10.1. The summed E-state index contributed by atoms with van der Waals surface area (Å²) in [6.07, 6.45) is 3.02. The van der Waals surface area contributed by atoms with Crippen LogP contribution in [0.4, 0.5) is 0 Å². The van der Waals surface area contributed by atoms with Crippen LogP contribution in [0.5, 0.6) is 5.88 Å². The summed E-state index contributed by atoms with van der Waals surface area (Å²) in [5.41, 5.74) is 1.00. The van der Waals surface area contributed by atoms with Gasteiger partial charge in [-0.1, -0.05) is 13.0 Å². The summed E-state index contributed by atoms with van der Waals surface area (Å²) in [5, 5.41) is 3.34. The first-order valence-corrected chi connectivity index (χ1v) is 5.86. The van der Waals surface area contributed by atoms with Gasteiger partial charge in [0.2, 0.25) is 5.88 Å². The molecule has 0 aliphatic rings. The average Bonchev–Trinajstić information content (AvgIpc) is 2.19. The van der Waals surface area contributed by atoms with Crippen molar-refractivity contribution in [2.45, 2.75) is 46.3 Å². The second-order valence-electron chi connectivity index (χ2n) is 4.90. The zero-order valence-corrected chi connectivity index (χ0v) is 10.7. The molecule has 0 atom stereocenters. The minimum atomic E-state index is -0.186. The topological polar surface area (TPSA) is 34.1 Å². The summed E-state index contributed by atoms with van der Waals surface area (Å²) >= 11 is 0. The Balaban J connectivity index is 2.48. The highest BCUT2D eigenvalue weighted by atomic mass is 16.5. The second kappa shape index (κ2) is 5.85. The lowest BCUT2D eigenvalue weighted by atomic mass is 10.2. The standard InChI is InChI=1S/C13H22N2O/c1-5-8-14-9-11-6-7-12(15-10-11)16-13(2,3)4/h6-7,10,14H,5,8-9H2,1-4H3. The first kappa shape index (κ1) is 13.0. The Bertz CT molecular complexity index is 301. The van der Waals surface area contributed by atoms with Gasteiger partial charge in [0.1, 0.15) is 5.60 Å². The van der Waals surface area contributed by atoms with Crippen LogP contribution in [0.2, 0.25) is 0 Å². The normalized spacial score (nSPS) is 11.5. The fourth-order valence-corrected chi connectivity index (χ4v) is 1.30. The molecule has 1 aromatic rings. The Morgan fingerprint density at radius 1 is 1.31 bits per heavy atom. The van der Waals surface area contributed by atoms with E-state index in [1.807, 2.05) is 33.0 Å². The fourth-order valence-electron chi connectivity index (χ4n) is 1.30. The fraction of sp³-hybridized carbons (Fsp3) is 0.615. The van der Waals surface area contributed by atoms with Gasteiger partial charge in [0, 0.05) is 18.8 Å². The van der Waals surface area contributed by atoms with E-state index in [0.29, 0.717) is 5.88 Å². The molecule has 0 fully saturated rings. The predicted octanol–water partition coefficient (Wildman–Crippen LogP) is 2.76. The van der Waals surface area contributed by atoms with Gasteiger partial charge in [-0.3, -0.25) is 0 Å². The molecule has 0 spiro atoms. The Kier molecular flexibility index (Phi) is 4.74. The highest BCUT2D eigenvalue weighted by molar-refractivity contribution is 5.18. The van der Waals surface area contributed by atoms with Crippen molar-refractivity contribution in [1.82, 2.24) is 10.3 Å². The third-order valence-electron chi connectivity index (χ3n) is 1.96. The van der Waals surface area contributed by atoms with Crippen LogP contribution >= 0.6 is 0 Å². The molecule has 1 rings (SSSR count). The zero-order valence-electron chi connectivity index (χ0n) is 10.7. The number of hydrogen-bond donors (Lipinski definition) is 1. The highest BCUT2D eigenvalue weighted by Crippen LogP contribution is 2.15. The molecule has 0 aliphatic heterocycles. The lowest BCUT2D eigenvalue weighted by molar-refractivity contribution is 0.124. The number of nitrogens with zero attached hydrogens (tertiary/aromatic N) is 1. The third-order valence-corrected chi connectivity index (χ3v) is 1.96. The Morgan fingerprint density at radius 3 is 2.56 bits per heavy atom. The van der Waals surface area contributed by atoms with Crippen LogP contribution in [0.3, 0.4) is 0 Å². The Morgan fingerprint density at radius 2 is 2.06 bits per heavy atom. The molecule has 3 nitrogen and oxygen atoms in total. The summed E-state index contributed by atoms with van der Waals surface area (Å²) in [7, 11) is 0. The average molecular weight is 222 g/mol. The minimum absolute atomic E-state index is 0.186. The SMILES string of the molecule is CCCNCc1ccc(OC(C)(C)C)nc1. The van der Waals surface area contributed by atoms with E-state index in [1.54, 1.807) is 0 Å². The van der Waals surface area contributed by atoms with Gasteiger partial charge in [-0.25, -0.2) is 4.98 Å². The molecule has 0 saturated heterocycles. The van der Waals surface area contributed by atoms with Crippen molar-refractivity contribution in [2.24, 2.45) is 0 Å².